The molecule has 0 aromatic carbocycles. The van der Waals surface area contributed by atoms with Gasteiger partial charge in [-0.05, 0) is 12.8 Å². The largest absolute Gasteiger partial charge is 0.550 e. The topological polar surface area (TPSA) is 66.4 Å². The Hall–Kier alpha value is 0.00390. The van der Waals surface area contributed by atoms with E-state index in [0.717, 1.165) is 38.5 Å². The van der Waals surface area contributed by atoms with E-state index in [1.807, 2.05) is 21.1 Å². The second-order valence-corrected chi connectivity index (χ2v) is 7.80. The molecule has 0 spiro atoms. The van der Waals surface area contributed by atoms with Crippen LogP contribution in [0.3, 0.4) is 0 Å². The van der Waals surface area contributed by atoms with E-state index in [9.17, 15) is 14.7 Å². The Morgan fingerprint density at radius 1 is 0.960 bits per heavy atom. The molecule has 0 heterocycles. The second-order valence-electron chi connectivity index (χ2n) is 7.80. The summed E-state index contributed by atoms with van der Waals surface area (Å²) in [5.41, 5.74) is 0. The summed E-state index contributed by atoms with van der Waals surface area (Å²) >= 11 is 0. The molecule has 25 heavy (non-hydrogen) atoms. The summed E-state index contributed by atoms with van der Waals surface area (Å²) in [6.45, 7) is 4.74. The van der Waals surface area contributed by atoms with Crippen LogP contribution in [0.15, 0.2) is 0 Å². The van der Waals surface area contributed by atoms with Crippen LogP contribution >= 0.6 is 0 Å². The van der Waals surface area contributed by atoms with Crippen LogP contribution in [0.5, 0.6) is 0 Å². The molecule has 0 saturated carbocycles. The molecule has 1 radical (unpaired) electrons. The van der Waals surface area contributed by atoms with Gasteiger partial charge < -0.3 is 19.1 Å². The van der Waals surface area contributed by atoms with Crippen molar-refractivity contribution in [3.63, 3.8) is 0 Å². The molecule has 0 bridgehead atoms. The summed E-state index contributed by atoms with van der Waals surface area (Å²) < 4.78 is 6.12. The number of rotatable bonds is 14. The zero-order valence-corrected chi connectivity index (χ0v) is 19.7. The van der Waals surface area contributed by atoms with Gasteiger partial charge in [-0.2, -0.15) is 0 Å². The van der Waals surface area contributed by atoms with Gasteiger partial charge in [-0.15, -0.1) is 0 Å². The molecule has 0 amide bonds. The van der Waals surface area contributed by atoms with Crippen molar-refractivity contribution in [3.8, 4) is 0 Å². The van der Waals surface area contributed by atoms with Crippen molar-refractivity contribution in [2.75, 3.05) is 27.7 Å². The average molecular weight is 432 g/mol. The molecule has 0 N–H and O–H groups in total. The Morgan fingerprint density at radius 3 is 2.00 bits per heavy atom. The molecule has 2 atom stereocenters. The van der Waals surface area contributed by atoms with E-state index in [-0.39, 0.29) is 51.0 Å². The van der Waals surface area contributed by atoms with E-state index >= 15 is 0 Å². The Kier molecular flexibility index (Phi) is 16.4. The molecular weight excluding hydrogens is 395 g/mol. The van der Waals surface area contributed by atoms with Crippen LogP contribution in [0.2, 0.25) is 0 Å². The number of likely N-dealkylation sites (N-methyl/N-ethyl adjacent to an activating group) is 1. The van der Waals surface area contributed by atoms with Gasteiger partial charge in [-0.25, -0.2) is 0 Å². The van der Waals surface area contributed by atoms with E-state index in [2.05, 4.69) is 13.8 Å². The normalized spacial score (nSPS) is 13.6. The van der Waals surface area contributed by atoms with Gasteiger partial charge >= 0.3 is 5.97 Å². The summed E-state index contributed by atoms with van der Waals surface area (Å²) in [5, 5.41) is 11.0. The minimum absolute atomic E-state index is 0. The summed E-state index contributed by atoms with van der Waals surface area (Å²) in [6, 6.07) is 0. The maximum atomic E-state index is 12.5. The van der Waals surface area contributed by atoms with Crippen LogP contribution in [-0.4, -0.2) is 50.2 Å². The van der Waals surface area contributed by atoms with E-state index in [4.69, 9.17) is 4.74 Å². The van der Waals surface area contributed by atoms with E-state index < -0.39 is 12.1 Å². The van der Waals surface area contributed by atoms with E-state index in [1.54, 1.807) is 0 Å². The molecule has 0 rings (SSSR count). The zero-order chi connectivity index (χ0) is 18.6. The summed E-state index contributed by atoms with van der Waals surface area (Å²) in [7, 11) is 5.86. The third kappa shape index (κ3) is 15.9. The van der Waals surface area contributed by atoms with Crippen molar-refractivity contribution in [2.24, 2.45) is 5.92 Å². The number of hydrogen-bond donors (Lipinski definition) is 0. The van der Waals surface area contributed by atoms with Gasteiger partial charge in [0.2, 0.25) is 0 Å². The van der Waals surface area contributed by atoms with Crippen LogP contribution in [-0.2, 0) is 47.0 Å². The van der Waals surface area contributed by atoms with Crippen molar-refractivity contribution >= 4 is 11.9 Å². The molecule has 0 saturated heterocycles. The third-order valence-corrected chi connectivity index (χ3v) is 4.07. The number of aliphatic carboxylic acids is 1. The number of carbonyl (C=O) groups excluding carboxylic acids is 2. The number of ether oxygens (including phenoxy) is 1. The molecule has 0 aliphatic carbocycles. The Balaban J connectivity index is 0. The van der Waals surface area contributed by atoms with Crippen molar-refractivity contribution < 1.29 is 56.6 Å². The van der Waals surface area contributed by atoms with Crippen LogP contribution in [0.25, 0.3) is 0 Å². The Labute approximate surface area is 179 Å². The number of quaternary nitrogens is 1. The van der Waals surface area contributed by atoms with Crippen molar-refractivity contribution in [1.29, 1.82) is 0 Å². The van der Waals surface area contributed by atoms with Gasteiger partial charge in [0, 0.05) is 45.1 Å². The molecule has 0 aromatic heterocycles. The summed E-state index contributed by atoms with van der Waals surface area (Å²) in [4.78, 5) is 23.5. The van der Waals surface area contributed by atoms with Crippen molar-refractivity contribution in [1.82, 2.24) is 0 Å². The van der Waals surface area contributed by atoms with Crippen LogP contribution in [0.1, 0.15) is 71.6 Å². The molecule has 0 aliphatic heterocycles. The molecule has 0 fully saturated rings. The summed E-state index contributed by atoms with van der Waals surface area (Å²) in [6.07, 6.45) is 7.34. The molecule has 145 valence electrons. The first-order chi connectivity index (χ1) is 11.2. The van der Waals surface area contributed by atoms with Crippen LogP contribution < -0.4 is 5.11 Å². The minimum Gasteiger partial charge on any atom is -0.550 e. The molecule has 2 unspecified atom stereocenters. The van der Waals surface area contributed by atoms with Crippen LogP contribution in [0, 0.1) is 5.92 Å². The van der Waals surface area contributed by atoms with Gasteiger partial charge in [0.1, 0.15) is 6.54 Å². The predicted octanol–water partition coefficient (Wildman–Crippen LogP) is 2.52. The molecule has 0 aliphatic rings. The van der Waals surface area contributed by atoms with Crippen LogP contribution in [0.4, 0.5) is 0 Å². The molecule has 6 heteroatoms. The van der Waals surface area contributed by atoms with Gasteiger partial charge in [-0.3, -0.25) is 4.79 Å². The third-order valence-electron chi connectivity index (χ3n) is 4.07. The quantitative estimate of drug-likeness (QED) is 0.240. The second kappa shape index (κ2) is 15.1. The fraction of sp³-hybridized carbons (Fsp3) is 0.895. The first kappa shape index (κ1) is 27.2. The number of carbonyl (C=O) groups is 2. The molecule has 0 aromatic rings. The SMILES string of the molecule is CCCCCCC(CCCC)C(=O)OC(CC(=O)[O-])C[N+](C)(C)C.[Y]. The number of nitrogens with zero attached hydrogens (tertiary/aromatic N) is 1. The monoisotopic (exact) mass is 432 g/mol. The van der Waals surface area contributed by atoms with Crippen molar-refractivity contribution in [3.05, 3.63) is 0 Å². The predicted molar refractivity (Wildman–Crippen MR) is 94.2 cm³/mol. The number of carboxylic acids is 1. The number of esters is 1. The fourth-order valence-electron chi connectivity index (χ4n) is 2.85. The van der Waals surface area contributed by atoms with Gasteiger partial charge in [0.05, 0.1) is 27.1 Å². The maximum Gasteiger partial charge on any atom is 0.309 e. The number of carboxylic acid groups (broad SMARTS) is 1. The minimum atomic E-state index is -1.17. The maximum absolute atomic E-state index is 12.5. The summed E-state index contributed by atoms with van der Waals surface area (Å²) in [5.74, 6) is -1.52. The standard InChI is InChI=1S/C19H37NO4.Y/c1-6-8-10-11-13-16(12-9-7-2)19(23)24-17(14-18(21)22)15-20(3,4)5;/h16-17H,6-15H2,1-5H3;. The van der Waals surface area contributed by atoms with Gasteiger partial charge in [0.15, 0.2) is 6.10 Å². The Morgan fingerprint density at radius 2 is 1.52 bits per heavy atom. The van der Waals surface area contributed by atoms with E-state index in [1.165, 1.54) is 12.8 Å². The molecular formula is C19H37NO4Y. The fourth-order valence-corrected chi connectivity index (χ4v) is 2.85. The number of hydrogen-bond acceptors (Lipinski definition) is 4. The van der Waals surface area contributed by atoms with Gasteiger partial charge in [0.25, 0.3) is 0 Å². The Bertz CT molecular complexity index is 369. The number of unbranched alkanes of at least 4 members (excludes halogenated alkanes) is 4. The van der Waals surface area contributed by atoms with E-state index in [0.29, 0.717) is 11.0 Å². The first-order valence-electron chi connectivity index (χ1n) is 9.40. The van der Waals surface area contributed by atoms with Gasteiger partial charge in [-0.1, -0.05) is 52.4 Å². The first-order valence-corrected chi connectivity index (χ1v) is 9.40. The van der Waals surface area contributed by atoms with Crippen molar-refractivity contribution in [2.45, 2.75) is 77.7 Å². The molecule has 5 nitrogen and oxygen atoms in total. The smallest absolute Gasteiger partial charge is 0.309 e. The zero-order valence-electron chi connectivity index (χ0n) is 16.9. The average Bonchev–Trinajstić information content (AvgIpc) is 2.43.